The van der Waals surface area contributed by atoms with Gasteiger partial charge in [-0.25, -0.2) is 13.8 Å². The zero-order chi connectivity index (χ0) is 30.0. The minimum atomic E-state index is -0.732. The van der Waals surface area contributed by atoms with Crippen LogP contribution in [0.15, 0.2) is 42.6 Å². The van der Waals surface area contributed by atoms with Crippen molar-refractivity contribution in [3.63, 3.8) is 0 Å². The number of fused-ring (bicyclic) bond motifs is 4. The van der Waals surface area contributed by atoms with Crippen LogP contribution in [0, 0.1) is 23.6 Å². The molecule has 4 aliphatic rings. The Balaban J connectivity index is 1.19. The molecule has 4 aromatic rings. The molecule has 2 aromatic carbocycles. The number of aromatic hydroxyl groups is 1. The summed E-state index contributed by atoms with van der Waals surface area (Å²) in [4.78, 5) is 14.4. The van der Waals surface area contributed by atoms with Crippen molar-refractivity contribution in [1.29, 1.82) is 0 Å². The lowest BCUT2D eigenvalue weighted by atomic mass is 9.94. The second-order valence-corrected chi connectivity index (χ2v) is 13.2. The molecule has 4 fully saturated rings. The molecule has 2 bridgehead atoms. The zero-order valence-corrected chi connectivity index (χ0v) is 24.5. The van der Waals surface area contributed by atoms with Crippen molar-refractivity contribution in [2.24, 2.45) is 5.41 Å². The second kappa shape index (κ2) is 10.6. The van der Waals surface area contributed by atoms with Crippen LogP contribution in [-0.2, 0) is 0 Å². The Kier molecular flexibility index (Phi) is 6.61. The summed E-state index contributed by atoms with van der Waals surface area (Å²) in [6.07, 6.45) is 11.8. The van der Waals surface area contributed by atoms with Crippen LogP contribution in [0.4, 0.5) is 14.5 Å². The molecule has 0 radical (unpaired) electrons. The first-order chi connectivity index (χ1) is 21.4. The number of phenolic OH excluding ortho intramolecular Hbond substituents is 1. The molecule has 44 heavy (non-hydrogen) atoms. The fourth-order valence-corrected chi connectivity index (χ4v) is 7.48. The van der Waals surface area contributed by atoms with Gasteiger partial charge in [0.2, 0.25) is 5.88 Å². The summed E-state index contributed by atoms with van der Waals surface area (Å²) >= 11 is 0. The van der Waals surface area contributed by atoms with Gasteiger partial charge in [0.25, 0.3) is 0 Å². The minimum Gasteiger partial charge on any atom is -0.508 e. The van der Waals surface area contributed by atoms with Crippen LogP contribution in [0.2, 0.25) is 0 Å². The van der Waals surface area contributed by atoms with Crippen molar-refractivity contribution in [3.8, 4) is 35.1 Å². The van der Waals surface area contributed by atoms with E-state index in [2.05, 4.69) is 21.0 Å². The van der Waals surface area contributed by atoms with E-state index in [0.29, 0.717) is 65.0 Å². The van der Waals surface area contributed by atoms with Crippen molar-refractivity contribution in [3.05, 3.63) is 54.0 Å². The number of nitrogens with one attached hydrogen (secondary N) is 1. The van der Waals surface area contributed by atoms with Gasteiger partial charge in [-0.1, -0.05) is 12.0 Å². The maximum atomic E-state index is 14.8. The molecule has 9 heteroatoms. The fourth-order valence-electron chi connectivity index (χ4n) is 7.48. The number of alkyl halides is 1. The Morgan fingerprint density at radius 2 is 1.91 bits per heavy atom. The number of benzene rings is 2. The van der Waals surface area contributed by atoms with E-state index in [1.165, 1.54) is 6.07 Å². The first kappa shape index (κ1) is 27.5. The van der Waals surface area contributed by atoms with Gasteiger partial charge in [0, 0.05) is 73.4 Å². The van der Waals surface area contributed by atoms with Gasteiger partial charge < -0.3 is 20.1 Å². The molecule has 0 spiro atoms. The third-order valence-electron chi connectivity index (χ3n) is 9.92. The number of nitrogens with zero attached hydrogens (tertiary/aromatic N) is 4. The van der Waals surface area contributed by atoms with Crippen LogP contribution in [0.5, 0.6) is 11.6 Å². The van der Waals surface area contributed by atoms with Crippen LogP contribution in [0.1, 0.15) is 37.7 Å². The summed E-state index contributed by atoms with van der Waals surface area (Å²) in [7, 11) is 0. The number of halogens is 2. The summed E-state index contributed by atoms with van der Waals surface area (Å²) in [5, 5.41) is 15.5. The van der Waals surface area contributed by atoms with Crippen molar-refractivity contribution in [1.82, 2.24) is 20.2 Å². The van der Waals surface area contributed by atoms with Gasteiger partial charge in [0.15, 0.2) is 0 Å². The lowest BCUT2D eigenvalue weighted by molar-refractivity contribution is 0.169. The molecular formula is C35H35F2N5O2. The summed E-state index contributed by atoms with van der Waals surface area (Å²) in [5.74, 6) is 2.59. The number of hydrogen-bond acceptors (Lipinski definition) is 7. The predicted octanol–water partition coefficient (Wildman–Crippen LogP) is 5.42. The summed E-state index contributed by atoms with van der Waals surface area (Å²) < 4.78 is 35.1. The average molecular weight is 596 g/mol. The molecule has 2 unspecified atom stereocenters. The normalized spacial score (nSPS) is 24.2. The molecule has 1 saturated carbocycles. The van der Waals surface area contributed by atoms with Gasteiger partial charge >= 0.3 is 0 Å². The van der Waals surface area contributed by atoms with Crippen LogP contribution in [-0.4, -0.2) is 77.6 Å². The lowest BCUT2D eigenvalue weighted by Gasteiger charge is -2.35. The van der Waals surface area contributed by atoms with Crippen LogP contribution < -0.4 is 15.0 Å². The number of aromatic nitrogens is 2. The standard InChI is InChI=1S/C35H35F2N5O2/c1-2-27-29(37)6-3-21-11-26(43)13-28(33(21)27)22-12-30-34(38-15-22)31(42-17-24-4-5-25(18-42)39-24)14-32(40-30)44-20-35(8-9-35)19-41-10-7-23(36)16-41/h1,3,6,11-15,23-25,39,43H,4-5,7-10,16-20H2/t23-,24?,25?/m1/s1. The molecule has 1 aliphatic carbocycles. The van der Waals surface area contributed by atoms with E-state index < -0.39 is 12.0 Å². The topological polar surface area (TPSA) is 73.8 Å². The molecule has 0 amide bonds. The monoisotopic (exact) mass is 595 g/mol. The van der Waals surface area contributed by atoms with Gasteiger partial charge in [0.05, 0.1) is 23.4 Å². The van der Waals surface area contributed by atoms with E-state index in [1.54, 1.807) is 24.4 Å². The molecule has 226 valence electrons. The molecule has 5 heterocycles. The largest absolute Gasteiger partial charge is 0.508 e. The highest BCUT2D eigenvalue weighted by Gasteiger charge is 2.46. The number of likely N-dealkylation sites (tertiary alicyclic amines) is 1. The van der Waals surface area contributed by atoms with E-state index in [4.69, 9.17) is 21.1 Å². The van der Waals surface area contributed by atoms with Crippen molar-refractivity contribution >= 4 is 27.5 Å². The highest BCUT2D eigenvalue weighted by atomic mass is 19.1. The Bertz CT molecular complexity index is 1810. The van der Waals surface area contributed by atoms with Crippen LogP contribution in [0.25, 0.3) is 32.9 Å². The van der Waals surface area contributed by atoms with E-state index in [1.807, 2.05) is 12.1 Å². The number of hydrogen-bond donors (Lipinski definition) is 2. The van der Waals surface area contributed by atoms with Gasteiger partial charge in [-0.2, -0.15) is 0 Å². The Hall–Kier alpha value is -4.00. The van der Waals surface area contributed by atoms with Crippen LogP contribution >= 0.6 is 0 Å². The van der Waals surface area contributed by atoms with Gasteiger partial charge in [-0.05, 0) is 67.3 Å². The smallest absolute Gasteiger partial charge is 0.216 e. The Labute approximate surface area is 255 Å². The van der Waals surface area contributed by atoms with Gasteiger partial charge in [-0.3, -0.25) is 9.88 Å². The number of rotatable bonds is 7. The molecule has 2 N–H and O–H groups in total. The quantitative estimate of drug-likeness (QED) is 0.277. The molecular weight excluding hydrogens is 560 g/mol. The van der Waals surface area contributed by atoms with Crippen LogP contribution in [0.3, 0.4) is 0 Å². The van der Waals surface area contributed by atoms with E-state index in [-0.39, 0.29) is 16.7 Å². The van der Waals surface area contributed by atoms with Gasteiger partial charge in [-0.15, -0.1) is 6.42 Å². The maximum absolute atomic E-state index is 14.8. The highest BCUT2D eigenvalue weighted by Crippen LogP contribution is 2.47. The predicted molar refractivity (Wildman–Crippen MR) is 167 cm³/mol. The minimum absolute atomic E-state index is 0.0330. The van der Waals surface area contributed by atoms with E-state index in [0.717, 1.165) is 63.1 Å². The van der Waals surface area contributed by atoms with Crippen molar-refractivity contribution in [2.75, 3.05) is 44.2 Å². The van der Waals surface area contributed by atoms with Crippen molar-refractivity contribution < 1.29 is 18.6 Å². The summed E-state index contributed by atoms with van der Waals surface area (Å²) in [5.41, 5.74) is 3.84. The zero-order valence-electron chi connectivity index (χ0n) is 24.5. The first-order valence-electron chi connectivity index (χ1n) is 15.6. The average Bonchev–Trinajstić information content (AvgIpc) is 3.54. The Morgan fingerprint density at radius 3 is 2.64 bits per heavy atom. The number of piperazine rings is 1. The first-order valence-corrected chi connectivity index (χ1v) is 15.6. The van der Waals surface area contributed by atoms with Crippen molar-refractivity contribution in [2.45, 2.75) is 50.4 Å². The van der Waals surface area contributed by atoms with E-state index in [9.17, 15) is 13.9 Å². The highest BCUT2D eigenvalue weighted by molar-refractivity contribution is 6.03. The summed E-state index contributed by atoms with van der Waals surface area (Å²) in [6.45, 7) is 4.44. The molecule has 2 aromatic heterocycles. The number of phenols is 1. The number of ether oxygens (including phenoxy) is 1. The lowest BCUT2D eigenvalue weighted by Crippen LogP contribution is -2.51. The molecule has 7 nitrogen and oxygen atoms in total. The number of pyridine rings is 2. The molecule has 3 aliphatic heterocycles. The third kappa shape index (κ3) is 5.00. The number of anilines is 1. The third-order valence-corrected chi connectivity index (χ3v) is 9.92. The number of terminal acetylenes is 1. The SMILES string of the molecule is C#Cc1c(F)ccc2cc(O)cc(-c3cnc4c(N5CC6CCC(C5)N6)cc(OCC5(CN6CC[C@@H](F)C6)CC5)nc4c3)c12. The summed E-state index contributed by atoms with van der Waals surface area (Å²) in [6, 6.07) is 10.9. The van der Waals surface area contributed by atoms with Gasteiger partial charge in [0.1, 0.15) is 23.3 Å². The van der Waals surface area contributed by atoms with E-state index >= 15 is 0 Å². The molecule has 8 rings (SSSR count). The maximum Gasteiger partial charge on any atom is 0.216 e. The Morgan fingerprint density at radius 1 is 1.09 bits per heavy atom. The second-order valence-electron chi connectivity index (χ2n) is 13.2. The molecule has 3 atom stereocenters. The molecule has 3 saturated heterocycles. The fraction of sp³-hybridized carbons (Fsp3) is 0.429.